The number of urea groups is 1. The lowest BCUT2D eigenvalue weighted by Gasteiger charge is -2.21. The first kappa shape index (κ1) is 18.4. The Balaban J connectivity index is 1.47. The third kappa shape index (κ3) is 3.87. The number of aromatic nitrogens is 1. The molecule has 2 aliphatic rings. The molecule has 0 bridgehead atoms. The van der Waals surface area contributed by atoms with Gasteiger partial charge in [-0.3, -0.25) is 4.90 Å². The summed E-state index contributed by atoms with van der Waals surface area (Å²) in [6.45, 7) is 9.53. The van der Waals surface area contributed by atoms with Crippen LogP contribution >= 0.6 is 11.3 Å². The summed E-state index contributed by atoms with van der Waals surface area (Å²) in [6, 6.07) is 8.37. The highest BCUT2D eigenvalue weighted by atomic mass is 32.1. The van der Waals surface area contributed by atoms with Crippen molar-refractivity contribution in [3.05, 3.63) is 34.8 Å². The Morgan fingerprint density at radius 2 is 1.81 bits per heavy atom. The second kappa shape index (κ2) is 7.60. The van der Waals surface area contributed by atoms with Gasteiger partial charge in [0.2, 0.25) is 0 Å². The quantitative estimate of drug-likeness (QED) is 0.806. The number of amides is 2. The van der Waals surface area contributed by atoms with Crippen molar-refractivity contribution in [1.82, 2.24) is 14.8 Å². The SMILES string of the molecule is CC(C)CN1CCc2nc(-c3ccc(N4CCN(C)C4=O)cc3)sc2CC1. The van der Waals surface area contributed by atoms with Crippen LogP contribution < -0.4 is 4.90 Å². The van der Waals surface area contributed by atoms with E-state index in [-0.39, 0.29) is 6.03 Å². The third-order valence-electron chi connectivity index (χ3n) is 5.36. The Labute approximate surface area is 165 Å². The van der Waals surface area contributed by atoms with E-state index in [1.54, 1.807) is 4.90 Å². The van der Waals surface area contributed by atoms with Crippen molar-refractivity contribution in [2.24, 2.45) is 5.92 Å². The zero-order chi connectivity index (χ0) is 19.0. The van der Waals surface area contributed by atoms with E-state index >= 15 is 0 Å². The van der Waals surface area contributed by atoms with Crippen molar-refractivity contribution in [1.29, 1.82) is 0 Å². The van der Waals surface area contributed by atoms with Crippen LogP contribution in [0.4, 0.5) is 10.5 Å². The Morgan fingerprint density at radius 3 is 2.48 bits per heavy atom. The lowest BCUT2D eigenvalue weighted by atomic mass is 10.2. The summed E-state index contributed by atoms with van der Waals surface area (Å²) in [5.41, 5.74) is 3.40. The second-order valence-electron chi connectivity index (χ2n) is 7.99. The number of hydrogen-bond acceptors (Lipinski definition) is 4. The van der Waals surface area contributed by atoms with E-state index in [1.165, 1.54) is 17.1 Å². The van der Waals surface area contributed by atoms with Gasteiger partial charge in [0, 0.05) is 62.3 Å². The van der Waals surface area contributed by atoms with Gasteiger partial charge < -0.3 is 9.80 Å². The fourth-order valence-corrected chi connectivity index (χ4v) is 5.00. The zero-order valence-corrected chi connectivity index (χ0v) is 17.3. The maximum absolute atomic E-state index is 12.2. The number of nitrogens with zero attached hydrogens (tertiary/aromatic N) is 4. The minimum absolute atomic E-state index is 0.0784. The van der Waals surface area contributed by atoms with Crippen molar-refractivity contribution in [2.45, 2.75) is 26.7 Å². The molecule has 1 fully saturated rings. The first-order valence-electron chi connectivity index (χ1n) is 9.85. The molecule has 0 radical (unpaired) electrons. The van der Waals surface area contributed by atoms with Gasteiger partial charge in [-0.1, -0.05) is 13.8 Å². The molecule has 5 nitrogen and oxygen atoms in total. The topological polar surface area (TPSA) is 39.7 Å². The molecule has 1 aromatic carbocycles. The van der Waals surface area contributed by atoms with Crippen molar-refractivity contribution in [3.8, 4) is 10.6 Å². The molecule has 4 rings (SSSR count). The van der Waals surface area contributed by atoms with E-state index < -0.39 is 0 Å². The van der Waals surface area contributed by atoms with Crippen LogP contribution in [0, 0.1) is 5.92 Å². The van der Waals surface area contributed by atoms with Crippen molar-refractivity contribution in [3.63, 3.8) is 0 Å². The van der Waals surface area contributed by atoms with E-state index in [4.69, 9.17) is 4.98 Å². The van der Waals surface area contributed by atoms with E-state index in [0.29, 0.717) is 5.92 Å². The van der Waals surface area contributed by atoms with E-state index in [2.05, 4.69) is 30.9 Å². The fourth-order valence-electron chi connectivity index (χ4n) is 3.90. The lowest BCUT2D eigenvalue weighted by molar-refractivity contribution is 0.229. The molecule has 0 atom stereocenters. The number of carbonyl (C=O) groups excluding carboxylic acids is 1. The van der Waals surface area contributed by atoms with Crippen LogP contribution in [0.5, 0.6) is 0 Å². The average molecular weight is 385 g/mol. The smallest absolute Gasteiger partial charge is 0.324 e. The summed E-state index contributed by atoms with van der Waals surface area (Å²) in [6.07, 6.45) is 2.15. The highest BCUT2D eigenvalue weighted by molar-refractivity contribution is 7.15. The summed E-state index contributed by atoms with van der Waals surface area (Å²) in [5.74, 6) is 0.713. The van der Waals surface area contributed by atoms with Crippen molar-refractivity contribution < 1.29 is 4.79 Å². The third-order valence-corrected chi connectivity index (χ3v) is 6.57. The molecule has 144 valence electrons. The minimum atomic E-state index is 0.0784. The summed E-state index contributed by atoms with van der Waals surface area (Å²) in [4.78, 5) is 24.7. The standard InChI is InChI=1S/C21H28N4OS/c1-15(2)14-24-10-8-18-19(9-11-24)27-20(22-18)16-4-6-17(7-5-16)25-13-12-23(3)21(25)26/h4-7,15H,8-14H2,1-3H3. The van der Waals surface area contributed by atoms with Gasteiger partial charge >= 0.3 is 6.03 Å². The molecule has 1 aromatic heterocycles. The molecular weight excluding hydrogens is 356 g/mol. The first-order valence-corrected chi connectivity index (χ1v) is 10.7. The fraction of sp³-hybridized carbons (Fsp3) is 0.524. The molecule has 0 saturated carbocycles. The number of carbonyl (C=O) groups is 1. The van der Waals surface area contributed by atoms with Crippen LogP contribution in [0.15, 0.2) is 24.3 Å². The number of likely N-dealkylation sites (N-methyl/N-ethyl adjacent to an activating group) is 1. The largest absolute Gasteiger partial charge is 0.326 e. The number of fused-ring (bicyclic) bond motifs is 1. The molecule has 0 N–H and O–H groups in total. The van der Waals surface area contributed by atoms with Crippen LogP contribution in [0.1, 0.15) is 24.4 Å². The first-order chi connectivity index (χ1) is 13.0. The van der Waals surface area contributed by atoms with Crippen LogP contribution in [0.25, 0.3) is 10.6 Å². The van der Waals surface area contributed by atoms with Gasteiger partial charge in [-0.15, -0.1) is 11.3 Å². The number of benzene rings is 1. The summed E-state index contributed by atoms with van der Waals surface area (Å²) >= 11 is 1.84. The van der Waals surface area contributed by atoms with E-state index in [0.717, 1.165) is 55.3 Å². The van der Waals surface area contributed by atoms with Crippen molar-refractivity contribution >= 4 is 23.1 Å². The molecule has 2 aromatic rings. The highest BCUT2D eigenvalue weighted by Crippen LogP contribution is 2.32. The number of rotatable bonds is 4. The Morgan fingerprint density at radius 1 is 1.07 bits per heavy atom. The molecule has 3 heterocycles. The summed E-state index contributed by atoms with van der Waals surface area (Å²) in [5, 5.41) is 1.11. The molecule has 6 heteroatoms. The van der Waals surface area contributed by atoms with Crippen LogP contribution in [-0.4, -0.2) is 60.6 Å². The zero-order valence-electron chi connectivity index (χ0n) is 16.4. The van der Waals surface area contributed by atoms with E-state index in [9.17, 15) is 4.79 Å². The van der Waals surface area contributed by atoms with Gasteiger partial charge in [0.25, 0.3) is 0 Å². The van der Waals surface area contributed by atoms with Gasteiger partial charge in [0.15, 0.2) is 0 Å². The van der Waals surface area contributed by atoms with Crippen LogP contribution in [0.3, 0.4) is 0 Å². The predicted molar refractivity (Wildman–Crippen MR) is 112 cm³/mol. The van der Waals surface area contributed by atoms with E-state index in [1.807, 2.05) is 35.4 Å². The predicted octanol–water partition coefficient (Wildman–Crippen LogP) is 3.74. The Kier molecular flexibility index (Phi) is 5.19. The van der Waals surface area contributed by atoms with Gasteiger partial charge in [0.1, 0.15) is 5.01 Å². The average Bonchev–Trinajstić information content (AvgIpc) is 3.15. The van der Waals surface area contributed by atoms with Crippen molar-refractivity contribution in [2.75, 3.05) is 44.7 Å². The molecule has 2 aliphatic heterocycles. The van der Waals surface area contributed by atoms with Crippen LogP contribution in [0.2, 0.25) is 0 Å². The maximum Gasteiger partial charge on any atom is 0.324 e. The summed E-state index contributed by atoms with van der Waals surface area (Å²) < 4.78 is 0. The molecular formula is C21H28N4OS. The van der Waals surface area contributed by atoms with Gasteiger partial charge in [-0.2, -0.15) is 0 Å². The molecule has 1 saturated heterocycles. The van der Waals surface area contributed by atoms with Gasteiger partial charge in [0.05, 0.1) is 5.69 Å². The number of anilines is 1. The molecule has 27 heavy (non-hydrogen) atoms. The molecule has 0 unspecified atom stereocenters. The molecule has 2 amide bonds. The molecule has 0 aliphatic carbocycles. The monoisotopic (exact) mass is 384 g/mol. The Hall–Kier alpha value is -1.92. The summed E-state index contributed by atoms with van der Waals surface area (Å²) in [7, 11) is 1.85. The van der Waals surface area contributed by atoms with Crippen LogP contribution in [-0.2, 0) is 12.8 Å². The van der Waals surface area contributed by atoms with Gasteiger partial charge in [-0.25, -0.2) is 9.78 Å². The minimum Gasteiger partial charge on any atom is -0.326 e. The lowest BCUT2D eigenvalue weighted by Crippen LogP contribution is -2.30. The maximum atomic E-state index is 12.2. The second-order valence-corrected chi connectivity index (χ2v) is 9.07. The van der Waals surface area contributed by atoms with Gasteiger partial charge in [-0.05, 0) is 36.6 Å². The Bertz CT molecular complexity index is 789. The highest BCUT2D eigenvalue weighted by Gasteiger charge is 2.26. The number of thiazole rings is 1. The molecule has 0 spiro atoms. The number of hydrogen-bond donors (Lipinski definition) is 0. The normalized spacial score (nSPS) is 18.3.